The zero-order valence-corrected chi connectivity index (χ0v) is 14.0. The van der Waals surface area contributed by atoms with Gasteiger partial charge in [-0.1, -0.05) is 12.1 Å². The number of amides is 2. The summed E-state index contributed by atoms with van der Waals surface area (Å²) in [4.78, 5) is 25.5. The molecule has 1 aromatic rings. The van der Waals surface area contributed by atoms with E-state index in [4.69, 9.17) is 14.2 Å². The maximum Gasteiger partial charge on any atom is 0.261 e. The Morgan fingerprint density at radius 2 is 1.33 bits per heavy atom. The second kappa shape index (κ2) is 10.1. The third-order valence-electron chi connectivity index (χ3n) is 3.58. The van der Waals surface area contributed by atoms with Crippen molar-refractivity contribution in [3.05, 3.63) is 35.4 Å². The van der Waals surface area contributed by atoms with Gasteiger partial charge in [-0.2, -0.15) is 0 Å². The predicted octanol–water partition coefficient (Wildman–Crippen LogP) is 0.552. The molecule has 0 atom stereocenters. The number of rotatable bonds is 12. The van der Waals surface area contributed by atoms with Gasteiger partial charge in [0, 0.05) is 6.54 Å². The van der Waals surface area contributed by atoms with E-state index in [1.165, 1.54) is 4.90 Å². The lowest BCUT2D eigenvalue weighted by atomic mass is 10.1. The van der Waals surface area contributed by atoms with Crippen LogP contribution in [-0.2, 0) is 14.2 Å². The van der Waals surface area contributed by atoms with Crippen LogP contribution in [-0.4, -0.2) is 76.5 Å². The summed E-state index contributed by atoms with van der Waals surface area (Å²) in [5, 5.41) is 2.99. The smallest absolute Gasteiger partial charge is 0.261 e. The number of fused-ring (bicyclic) bond motifs is 1. The molecule has 7 heteroatoms. The zero-order chi connectivity index (χ0) is 17.2. The Balaban J connectivity index is 1.53. The summed E-state index contributed by atoms with van der Waals surface area (Å²) in [7, 11) is 1.87. The average Bonchev–Trinajstić information content (AvgIpc) is 2.84. The van der Waals surface area contributed by atoms with Crippen molar-refractivity contribution in [2.75, 3.05) is 59.8 Å². The first kappa shape index (κ1) is 18.5. The monoisotopic (exact) mass is 336 g/mol. The Kier molecular flexibility index (Phi) is 7.84. The first-order valence-corrected chi connectivity index (χ1v) is 8.08. The number of nitrogens with one attached hydrogen (secondary N) is 1. The molecule has 0 unspecified atom stereocenters. The largest absolute Gasteiger partial charge is 0.378 e. The van der Waals surface area contributed by atoms with Gasteiger partial charge in [-0.25, -0.2) is 0 Å². The Morgan fingerprint density at radius 3 is 1.88 bits per heavy atom. The molecule has 0 radical (unpaired) electrons. The molecule has 1 N–H and O–H groups in total. The van der Waals surface area contributed by atoms with Gasteiger partial charge in [-0.3, -0.25) is 14.5 Å². The van der Waals surface area contributed by atoms with Gasteiger partial charge < -0.3 is 19.5 Å². The molecule has 0 saturated carbocycles. The molecule has 0 spiro atoms. The van der Waals surface area contributed by atoms with Crippen molar-refractivity contribution in [3.8, 4) is 0 Å². The summed E-state index contributed by atoms with van der Waals surface area (Å²) >= 11 is 0. The van der Waals surface area contributed by atoms with Crippen molar-refractivity contribution in [1.29, 1.82) is 0 Å². The van der Waals surface area contributed by atoms with Crippen LogP contribution in [0.1, 0.15) is 20.7 Å². The molecule has 1 aliphatic heterocycles. The Hall–Kier alpha value is -1.80. The minimum Gasteiger partial charge on any atom is -0.378 e. The van der Waals surface area contributed by atoms with Gasteiger partial charge in [0.2, 0.25) is 0 Å². The number of nitrogens with zero attached hydrogens (tertiary/aromatic N) is 1. The fraction of sp³-hybridized carbons (Fsp3) is 0.529. The highest BCUT2D eigenvalue weighted by Crippen LogP contribution is 2.21. The van der Waals surface area contributed by atoms with Gasteiger partial charge in [0.1, 0.15) is 0 Å². The molecule has 132 valence electrons. The first-order valence-electron chi connectivity index (χ1n) is 8.08. The summed E-state index contributed by atoms with van der Waals surface area (Å²) in [5.74, 6) is -0.511. The quantitative estimate of drug-likeness (QED) is 0.444. The Bertz CT molecular complexity index is 515. The lowest BCUT2D eigenvalue weighted by Gasteiger charge is -2.13. The molecule has 2 rings (SSSR count). The van der Waals surface area contributed by atoms with E-state index in [1.54, 1.807) is 24.3 Å². The second-order valence-electron chi connectivity index (χ2n) is 5.25. The summed E-state index contributed by atoms with van der Waals surface area (Å²) in [5.41, 5.74) is 0.924. The van der Waals surface area contributed by atoms with Gasteiger partial charge >= 0.3 is 0 Å². The lowest BCUT2D eigenvalue weighted by molar-refractivity contribution is 0.0118. The van der Waals surface area contributed by atoms with E-state index in [1.807, 2.05) is 7.05 Å². The van der Waals surface area contributed by atoms with E-state index in [0.29, 0.717) is 50.8 Å². The Morgan fingerprint density at radius 1 is 0.833 bits per heavy atom. The maximum absolute atomic E-state index is 12.1. The molecule has 1 aromatic carbocycles. The third kappa shape index (κ3) is 5.10. The SMILES string of the molecule is CNCCOCCOCCOCCN1C(=O)c2ccccc2C1=O. The van der Waals surface area contributed by atoms with E-state index in [-0.39, 0.29) is 18.4 Å². The number of ether oxygens (including phenoxy) is 3. The molecule has 0 saturated heterocycles. The fourth-order valence-corrected chi connectivity index (χ4v) is 2.31. The number of benzene rings is 1. The number of carbonyl (C=O) groups excluding carboxylic acids is 2. The van der Waals surface area contributed by atoms with Gasteiger partial charge in [-0.15, -0.1) is 0 Å². The molecule has 1 heterocycles. The molecular formula is C17H24N2O5. The highest BCUT2D eigenvalue weighted by atomic mass is 16.5. The number of imide groups is 1. The normalized spacial score (nSPS) is 13.6. The molecule has 7 nitrogen and oxygen atoms in total. The van der Waals surface area contributed by atoms with Crippen LogP contribution < -0.4 is 5.32 Å². The van der Waals surface area contributed by atoms with Crippen molar-refractivity contribution in [3.63, 3.8) is 0 Å². The zero-order valence-electron chi connectivity index (χ0n) is 14.0. The highest BCUT2D eigenvalue weighted by Gasteiger charge is 2.34. The number of carbonyl (C=O) groups is 2. The van der Waals surface area contributed by atoms with Crippen molar-refractivity contribution in [1.82, 2.24) is 10.2 Å². The molecule has 0 fully saturated rings. The van der Waals surface area contributed by atoms with E-state index >= 15 is 0 Å². The fourth-order valence-electron chi connectivity index (χ4n) is 2.31. The van der Waals surface area contributed by atoms with Crippen LogP contribution >= 0.6 is 0 Å². The van der Waals surface area contributed by atoms with Gasteiger partial charge in [-0.05, 0) is 19.2 Å². The van der Waals surface area contributed by atoms with Crippen LogP contribution in [0.4, 0.5) is 0 Å². The van der Waals surface area contributed by atoms with Crippen LogP contribution in [0.15, 0.2) is 24.3 Å². The van der Waals surface area contributed by atoms with Gasteiger partial charge in [0.05, 0.1) is 57.3 Å². The molecule has 0 bridgehead atoms. The van der Waals surface area contributed by atoms with Crippen molar-refractivity contribution in [2.24, 2.45) is 0 Å². The average molecular weight is 336 g/mol. The summed E-state index contributed by atoms with van der Waals surface area (Å²) in [6.07, 6.45) is 0. The minimum atomic E-state index is -0.255. The summed E-state index contributed by atoms with van der Waals surface area (Å²) in [6.45, 7) is 3.98. The van der Waals surface area contributed by atoms with Crippen LogP contribution in [0.2, 0.25) is 0 Å². The molecule has 2 amide bonds. The van der Waals surface area contributed by atoms with E-state index in [9.17, 15) is 9.59 Å². The van der Waals surface area contributed by atoms with Crippen molar-refractivity contribution in [2.45, 2.75) is 0 Å². The third-order valence-corrected chi connectivity index (χ3v) is 3.58. The van der Waals surface area contributed by atoms with E-state index in [0.717, 1.165) is 6.54 Å². The summed E-state index contributed by atoms with van der Waals surface area (Å²) in [6, 6.07) is 6.85. The molecule has 1 aliphatic rings. The number of hydrogen-bond acceptors (Lipinski definition) is 6. The van der Waals surface area contributed by atoms with Crippen LogP contribution in [0.3, 0.4) is 0 Å². The molecular weight excluding hydrogens is 312 g/mol. The van der Waals surface area contributed by atoms with Crippen LogP contribution in [0, 0.1) is 0 Å². The summed E-state index contributed by atoms with van der Waals surface area (Å²) < 4.78 is 16.1. The highest BCUT2D eigenvalue weighted by molar-refractivity contribution is 6.21. The number of hydrogen-bond donors (Lipinski definition) is 1. The predicted molar refractivity (Wildman–Crippen MR) is 88.2 cm³/mol. The number of likely N-dealkylation sites (N-methyl/N-ethyl adjacent to an activating group) is 1. The topological polar surface area (TPSA) is 77.1 Å². The molecule has 0 aliphatic carbocycles. The van der Waals surface area contributed by atoms with Crippen molar-refractivity contribution < 1.29 is 23.8 Å². The van der Waals surface area contributed by atoms with Gasteiger partial charge in [0.25, 0.3) is 11.8 Å². The van der Waals surface area contributed by atoms with Crippen LogP contribution in [0.5, 0.6) is 0 Å². The minimum absolute atomic E-state index is 0.249. The standard InChI is InChI=1S/C17H24N2O5/c1-18-6-8-22-10-12-24-13-11-23-9-7-19-16(20)14-4-2-3-5-15(14)17(19)21/h2-5,18H,6-13H2,1H3. The first-order chi connectivity index (χ1) is 11.8. The maximum atomic E-state index is 12.1. The van der Waals surface area contributed by atoms with Crippen molar-refractivity contribution >= 4 is 11.8 Å². The molecule has 0 aromatic heterocycles. The lowest BCUT2D eigenvalue weighted by Crippen LogP contribution is -2.33. The molecule has 24 heavy (non-hydrogen) atoms. The van der Waals surface area contributed by atoms with Gasteiger partial charge in [0.15, 0.2) is 0 Å². The Labute approximate surface area is 141 Å². The van der Waals surface area contributed by atoms with E-state index in [2.05, 4.69) is 5.32 Å². The second-order valence-corrected chi connectivity index (χ2v) is 5.25. The van der Waals surface area contributed by atoms with Crippen LogP contribution in [0.25, 0.3) is 0 Å². The van der Waals surface area contributed by atoms with E-state index < -0.39 is 0 Å².